The van der Waals surface area contributed by atoms with Crippen LogP contribution in [-0.2, 0) is 10.0 Å². The second kappa shape index (κ2) is 7.35. The molecule has 0 radical (unpaired) electrons. The SMILES string of the molecule is N#Cc1cc(Cl)cc(S(=O)(=O)Nc2cc(-c3ccccc3)c(F)cc2F)c1. The number of nitriles is 1. The van der Waals surface area contributed by atoms with Crippen molar-refractivity contribution in [3.8, 4) is 17.2 Å². The number of benzene rings is 3. The molecule has 0 aromatic heterocycles. The fourth-order valence-electron chi connectivity index (χ4n) is 2.45. The van der Waals surface area contributed by atoms with Crippen molar-refractivity contribution in [3.05, 3.63) is 82.9 Å². The molecule has 136 valence electrons. The Morgan fingerprint density at radius 3 is 2.33 bits per heavy atom. The molecule has 3 aromatic carbocycles. The van der Waals surface area contributed by atoms with E-state index in [9.17, 15) is 17.2 Å². The Morgan fingerprint density at radius 1 is 0.963 bits per heavy atom. The molecule has 0 spiro atoms. The zero-order valence-corrected chi connectivity index (χ0v) is 15.2. The first kappa shape index (κ1) is 18.8. The number of anilines is 1. The van der Waals surface area contributed by atoms with Gasteiger partial charge in [-0.25, -0.2) is 17.2 Å². The highest BCUT2D eigenvalue weighted by atomic mass is 35.5. The van der Waals surface area contributed by atoms with Gasteiger partial charge in [-0.05, 0) is 29.8 Å². The highest BCUT2D eigenvalue weighted by Crippen LogP contribution is 2.30. The van der Waals surface area contributed by atoms with Crippen molar-refractivity contribution >= 4 is 27.3 Å². The van der Waals surface area contributed by atoms with Crippen LogP contribution in [0.25, 0.3) is 11.1 Å². The van der Waals surface area contributed by atoms with Gasteiger partial charge in [-0.15, -0.1) is 0 Å². The van der Waals surface area contributed by atoms with Crippen molar-refractivity contribution < 1.29 is 17.2 Å². The van der Waals surface area contributed by atoms with Crippen LogP contribution in [0.2, 0.25) is 5.02 Å². The summed E-state index contributed by atoms with van der Waals surface area (Å²) in [5.41, 5.74) is 0.115. The molecule has 0 amide bonds. The van der Waals surface area contributed by atoms with Crippen LogP contribution in [0.3, 0.4) is 0 Å². The molecule has 4 nitrogen and oxygen atoms in total. The molecule has 27 heavy (non-hydrogen) atoms. The summed E-state index contributed by atoms with van der Waals surface area (Å²) in [5, 5.41) is 8.99. The number of nitrogens with zero attached hydrogens (tertiary/aromatic N) is 1. The third kappa shape index (κ3) is 4.08. The first-order chi connectivity index (χ1) is 12.8. The van der Waals surface area contributed by atoms with Crippen molar-refractivity contribution in [1.82, 2.24) is 0 Å². The molecule has 0 aliphatic rings. The molecule has 0 unspecified atom stereocenters. The third-order valence-electron chi connectivity index (χ3n) is 3.70. The minimum atomic E-state index is -4.25. The molecule has 3 rings (SSSR count). The Bertz CT molecular complexity index is 1160. The summed E-state index contributed by atoms with van der Waals surface area (Å²) >= 11 is 5.83. The zero-order chi connectivity index (χ0) is 19.6. The molecular weight excluding hydrogens is 394 g/mol. The number of halogens is 3. The molecule has 0 bridgehead atoms. The number of hydrogen-bond acceptors (Lipinski definition) is 3. The van der Waals surface area contributed by atoms with Crippen LogP contribution in [0.15, 0.2) is 65.6 Å². The predicted octanol–water partition coefficient (Wildman–Crippen LogP) is 4.96. The summed E-state index contributed by atoms with van der Waals surface area (Å²) in [7, 11) is -4.25. The van der Waals surface area contributed by atoms with Gasteiger partial charge in [0.05, 0.1) is 22.2 Å². The molecular formula is C19H11ClF2N2O2S. The third-order valence-corrected chi connectivity index (χ3v) is 5.26. The average molecular weight is 405 g/mol. The average Bonchev–Trinajstić information content (AvgIpc) is 2.64. The Morgan fingerprint density at radius 2 is 1.67 bits per heavy atom. The second-order valence-corrected chi connectivity index (χ2v) is 7.69. The van der Waals surface area contributed by atoms with E-state index in [1.54, 1.807) is 36.4 Å². The smallest absolute Gasteiger partial charge is 0.262 e. The van der Waals surface area contributed by atoms with Crippen LogP contribution < -0.4 is 4.72 Å². The topological polar surface area (TPSA) is 70.0 Å². The molecule has 1 N–H and O–H groups in total. The number of sulfonamides is 1. The summed E-state index contributed by atoms with van der Waals surface area (Å²) in [6.45, 7) is 0. The van der Waals surface area contributed by atoms with Gasteiger partial charge < -0.3 is 0 Å². The van der Waals surface area contributed by atoms with Crippen molar-refractivity contribution in [3.63, 3.8) is 0 Å². The highest BCUT2D eigenvalue weighted by molar-refractivity contribution is 7.92. The van der Waals surface area contributed by atoms with Crippen molar-refractivity contribution in [2.45, 2.75) is 4.90 Å². The van der Waals surface area contributed by atoms with Gasteiger partial charge >= 0.3 is 0 Å². The summed E-state index contributed by atoms with van der Waals surface area (Å²) in [4.78, 5) is -0.309. The van der Waals surface area contributed by atoms with Gasteiger partial charge in [-0.1, -0.05) is 41.9 Å². The predicted molar refractivity (Wildman–Crippen MR) is 98.8 cm³/mol. The molecule has 0 heterocycles. The van der Waals surface area contributed by atoms with Crippen LogP contribution >= 0.6 is 11.6 Å². The van der Waals surface area contributed by atoms with E-state index in [1.807, 2.05) is 0 Å². The van der Waals surface area contributed by atoms with Crippen LogP contribution in [0.5, 0.6) is 0 Å². The molecule has 0 aliphatic heterocycles. The maximum atomic E-state index is 14.2. The lowest BCUT2D eigenvalue weighted by molar-refractivity contribution is 0.584. The van der Waals surface area contributed by atoms with Gasteiger partial charge in [0, 0.05) is 16.7 Å². The minimum Gasteiger partial charge on any atom is -0.277 e. The lowest BCUT2D eigenvalue weighted by Crippen LogP contribution is -2.14. The monoisotopic (exact) mass is 404 g/mol. The largest absolute Gasteiger partial charge is 0.277 e. The zero-order valence-electron chi connectivity index (χ0n) is 13.6. The van der Waals surface area contributed by atoms with E-state index in [4.69, 9.17) is 16.9 Å². The second-order valence-electron chi connectivity index (χ2n) is 5.57. The van der Waals surface area contributed by atoms with Gasteiger partial charge in [0.1, 0.15) is 11.6 Å². The van der Waals surface area contributed by atoms with E-state index in [1.165, 1.54) is 6.07 Å². The maximum absolute atomic E-state index is 14.2. The van der Waals surface area contributed by atoms with E-state index in [0.717, 1.165) is 18.2 Å². The standard InChI is InChI=1S/C19H11ClF2N2O2S/c20-14-6-12(11-23)7-15(8-14)27(25,26)24-19-9-16(17(21)10-18(19)22)13-4-2-1-3-5-13/h1-10,24H. The lowest BCUT2D eigenvalue weighted by Gasteiger charge is -2.12. The van der Waals surface area contributed by atoms with Crippen LogP contribution in [0.4, 0.5) is 14.5 Å². The number of hydrogen-bond donors (Lipinski definition) is 1. The van der Waals surface area contributed by atoms with E-state index in [-0.39, 0.29) is 21.0 Å². The molecule has 8 heteroatoms. The summed E-state index contributed by atoms with van der Waals surface area (Å²) in [6.07, 6.45) is 0. The Hall–Kier alpha value is -2.95. The molecule has 0 saturated carbocycles. The molecule has 0 fully saturated rings. The van der Waals surface area contributed by atoms with Crippen molar-refractivity contribution in [2.24, 2.45) is 0 Å². The van der Waals surface area contributed by atoms with Gasteiger partial charge in [-0.2, -0.15) is 5.26 Å². The first-order valence-corrected chi connectivity index (χ1v) is 9.44. The van der Waals surface area contributed by atoms with Crippen molar-refractivity contribution in [1.29, 1.82) is 5.26 Å². The molecule has 0 saturated heterocycles. The van der Waals surface area contributed by atoms with Gasteiger partial charge in [0.25, 0.3) is 10.0 Å². The first-order valence-electron chi connectivity index (χ1n) is 7.58. The van der Waals surface area contributed by atoms with E-state index in [2.05, 4.69) is 4.72 Å². The molecule has 3 aromatic rings. The van der Waals surface area contributed by atoms with E-state index >= 15 is 0 Å². The van der Waals surface area contributed by atoms with Crippen molar-refractivity contribution in [2.75, 3.05) is 4.72 Å². The Kier molecular flexibility index (Phi) is 5.13. The van der Waals surface area contributed by atoms with Gasteiger partial charge in [0.15, 0.2) is 0 Å². The maximum Gasteiger partial charge on any atom is 0.262 e. The van der Waals surface area contributed by atoms with E-state index < -0.39 is 27.3 Å². The number of nitrogens with one attached hydrogen (secondary N) is 1. The molecule has 0 aliphatic carbocycles. The summed E-state index contributed by atoms with van der Waals surface area (Å²) < 4.78 is 55.5. The normalized spacial score (nSPS) is 11.0. The quantitative estimate of drug-likeness (QED) is 0.668. The van der Waals surface area contributed by atoms with Crippen LogP contribution in [0, 0.1) is 23.0 Å². The Labute approximate surface area is 159 Å². The number of rotatable bonds is 4. The summed E-state index contributed by atoms with van der Waals surface area (Å²) in [5.74, 6) is -1.89. The minimum absolute atomic E-state index is 0.0347. The fourth-order valence-corrected chi connectivity index (χ4v) is 3.88. The molecule has 0 atom stereocenters. The lowest BCUT2D eigenvalue weighted by atomic mass is 10.0. The van der Waals surface area contributed by atoms with Gasteiger partial charge in [0.2, 0.25) is 0 Å². The van der Waals surface area contributed by atoms with E-state index in [0.29, 0.717) is 11.6 Å². The summed E-state index contributed by atoms with van der Waals surface area (Å²) in [6, 6.07) is 15.3. The van der Waals surface area contributed by atoms with Crippen LogP contribution in [-0.4, -0.2) is 8.42 Å². The van der Waals surface area contributed by atoms with Gasteiger partial charge in [-0.3, -0.25) is 4.72 Å². The highest BCUT2D eigenvalue weighted by Gasteiger charge is 2.20. The Balaban J connectivity index is 2.05. The van der Waals surface area contributed by atoms with Crippen LogP contribution in [0.1, 0.15) is 5.56 Å². The fraction of sp³-hybridized carbons (Fsp3) is 0.